The number of urea groups is 1. The van der Waals surface area contributed by atoms with Crippen LogP contribution in [0.2, 0.25) is 0 Å². The molecule has 3 aromatic heterocycles. The van der Waals surface area contributed by atoms with Gasteiger partial charge in [-0.05, 0) is 134 Å². The Morgan fingerprint density at radius 2 is 1.53 bits per heavy atom. The third-order valence-electron chi connectivity index (χ3n) is 17.9. The van der Waals surface area contributed by atoms with Crippen molar-refractivity contribution in [2.24, 2.45) is 11.3 Å². The van der Waals surface area contributed by atoms with Gasteiger partial charge >= 0.3 is 6.03 Å². The summed E-state index contributed by atoms with van der Waals surface area (Å²) in [7, 11) is 0. The molecule has 72 heavy (non-hydrogen) atoms. The van der Waals surface area contributed by atoms with E-state index in [1.165, 1.54) is 24.2 Å². The van der Waals surface area contributed by atoms with E-state index < -0.39 is 16.9 Å². The van der Waals surface area contributed by atoms with Gasteiger partial charge < -0.3 is 34.4 Å². The highest BCUT2D eigenvalue weighted by molar-refractivity contribution is 6.10. The van der Waals surface area contributed by atoms with Crippen LogP contribution in [0.5, 0.6) is 0 Å². The third kappa shape index (κ3) is 8.36. The Morgan fingerprint density at radius 3 is 2.21 bits per heavy atom. The summed E-state index contributed by atoms with van der Waals surface area (Å²) in [4.78, 5) is 95.0. The monoisotopic (exact) mass is 979 g/mol. The van der Waals surface area contributed by atoms with Crippen LogP contribution in [0.1, 0.15) is 122 Å². The van der Waals surface area contributed by atoms with Crippen molar-refractivity contribution in [2.75, 3.05) is 78.9 Å². The van der Waals surface area contributed by atoms with E-state index >= 15 is 4.79 Å². The molecule has 9 heterocycles. The van der Waals surface area contributed by atoms with Gasteiger partial charge in [0, 0.05) is 99.0 Å². The zero-order valence-corrected chi connectivity index (χ0v) is 42.3. The summed E-state index contributed by atoms with van der Waals surface area (Å²) in [6, 6.07) is 13.3. The highest BCUT2D eigenvalue weighted by Crippen LogP contribution is 2.53. The molecule has 8 aliphatic rings. The number of nitrogens with one attached hydrogen (secondary N) is 2. The molecule has 0 unspecified atom stereocenters. The zero-order chi connectivity index (χ0) is 49.5. The number of piperidine rings is 4. The van der Waals surface area contributed by atoms with Gasteiger partial charge in [0.15, 0.2) is 5.82 Å². The standard InChI is InChI=1S/C55H70N12O5/c1-35(2)66-34-57-44-32-43(59-49(48(44)66)58-38-8-9-38)37-7-11-42-45(29-37)67(41-30-40(31-41)61-20-5-4-6-21-61)52(71)55(42)18-27-64(28-19-55)51(70)54(3)16-25-63(26-17-54)50(69)36-13-22-62(23-14-36)46-12-10-39(33-56-46)65-24-15-47(68)60-53(65)72/h7,10-12,29,32-36,38,40-41H,4-6,8-9,13-28,30-31H2,1-3H3,(H,58,59)(H,60,68,72)/t40-,41+. The second-order valence-electron chi connectivity index (χ2n) is 22.8. The minimum absolute atomic E-state index is 0.0807. The van der Waals surface area contributed by atoms with Crippen LogP contribution in [0.3, 0.4) is 0 Å². The second-order valence-corrected chi connectivity index (χ2v) is 22.8. The van der Waals surface area contributed by atoms with Gasteiger partial charge in [0.05, 0.1) is 34.8 Å². The Hall–Kier alpha value is -6.10. The molecule has 0 radical (unpaired) electrons. The van der Waals surface area contributed by atoms with Crippen molar-refractivity contribution < 1.29 is 24.0 Å². The second kappa shape index (κ2) is 18.4. The van der Waals surface area contributed by atoms with Crippen LogP contribution in [-0.2, 0) is 24.6 Å². The third-order valence-corrected chi connectivity index (χ3v) is 17.9. The highest BCUT2D eigenvalue weighted by Gasteiger charge is 2.56. The number of imidazole rings is 1. The fraction of sp³-hybridized carbons (Fsp3) is 0.600. The van der Waals surface area contributed by atoms with E-state index in [0.717, 1.165) is 96.8 Å². The van der Waals surface area contributed by atoms with E-state index in [0.29, 0.717) is 89.3 Å². The summed E-state index contributed by atoms with van der Waals surface area (Å²) in [5.74, 6) is 1.83. The summed E-state index contributed by atoms with van der Waals surface area (Å²) in [5, 5.41) is 6.06. The first kappa shape index (κ1) is 46.9. The Morgan fingerprint density at radius 1 is 0.792 bits per heavy atom. The molecular formula is C55H70N12O5. The molecule has 6 aliphatic heterocycles. The SMILES string of the molecule is CC(C)n1cnc2cc(-c3ccc4c(c3)N([C@H]3C[C@@H](N5CCCCC5)C3)C(=O)C43CCN(C(=O)C4(C)CCN(C(=O)C5CCN(c6ccc(N7CCC(=O)NC7=O)cn6)CC5)CC4)CC3)nc(NC3CC3)c21. The van der Waals surface area contributed by atoms with Gasteiger partial charge in [0.2, 0.25) is 23.6 Å². The average molecular weight is 979 g/mol. The number of aromatic nitrogens is 4. The van der Waals surface area contributed by atoms with Crippen LogP contribution in [-0.4, -0.2) is 141 Å². The van der Waals surface area contributed by atoms with E-state index in [1.54, 1.807) is 6.20 Å². The molecule has 2 aliphatic carbocycles. The number of carbonyl (C=O) groups excluding carboxylic acids is 5. The van der Waals surface area contributed by atoms with E-state index in [2.05, 4.69) is 79.9 Å². The summed E-state index contributed by atoms with van der Waals surface area (Å²) < 4.78 is 2.20. The summed E-state index contributed by atoms with van der Waals surface area (Å²) in [6.45, 7) is 12.6. The number of fused-ring (bicyclic) bond motifs is 3. The predicted octanol–water partition coefficient (Wildman–Crippen LogP) is 6.86. The molecule has 0 atom stereocenters. The first-order valence-electron chi connectivity index (χ1n) is 27.1. The number of hydrogen-bond donors (Lipinski definition) is 2. The van der Waals surface area contributed by atoms with Crippen LogP contribution in [0, 0.1) is 11.3 Å². The average Bonchev–Trinajstić information content (AvgIpc) is 4.05. The van der Waals surface area contributed by atoms with Crippen molar-refractivity contribution in [2.45, 2.75) is 140 Å². The lowest BCUT2D eigenvalue weighted by molar-refractivity contribution is -0.150. The molecule has 6 amide bonds. The van der Waals surface area contributed by atoms with Gasteiger partial charge in [-0.3, -0.25) is 29.4 Å². The topological polar surface area (TPSA) is 172 Å². The number of likely N-dealkylation sites (tertiary alicyclic amines) is 3. The number of nitrogens with zero attached hydrogens (tertiary/aromatic N) is 10. The van der Waals surface area contributed by atoms with Gasteiger partial charge in [-0.1, -0.05) is 25.5 Å². The van der Waals surface area contributed by atoms with E-state index in [4.69, 9.17) is 9.97 Å². The molecule has 0 bridgehead atoms. The number of anilines is 4. The molecule has 17 nitrogen and oxygen atoms in total. The number of pyridine rings is 2. The van der Waals surface area contributed by atoms with Crippen molar-refractivity contribution in [3.8, 4) is 11.3 Å². The van der Waals surface area contributed by atoms with Crippen LogP contribution < -0.4 is 25.3 Å². The van der Waals surface area contributed by atoms with E-state index in [9.17, 15) is 19.2 Å². The lowest BCUT2D eigenvalue weighted by atomic mass is 9.72. The Kier molecular flexibility index (Phi) is 12.0. The molecule has 2 saturated carbocycles. The molecule has 5 saturated heterocycles. The number of carbonyl (C=O) groups is 5. The number of hydrogen-bond acceptors (Lipinski definition) is 11. The van der Waals surface area contributed by atoms with Gasteiger partial charge in [-0.15, -0.1) is 0 Å². The van der Waals surface area contributed by atoms with Crippen molar-refractivity contribution in [3.05, 3.63) is 54.5 Å². The first-order valence-corrected chi connectivity index (χ1v) is 27.1. The predicted molar refractivity (Wildman–Crippen MR) is 276 cm³/mol. The molecule has 380 valence electrons. The van der Waals surface area contributed by atoms with Crippen LogP contribution in [0.15, 0.2) is 48.9 Å². The van der Waals surface area contributed by atoms with E-state index in [-0.39, 0.29) is 48.1 Å². The molecule has 2 N–H and O–H groups in total. The fourth-order valence-electron chi connectivity index (χ4n) is 13.1. The smallest absolute Gasteiger partial charge is 0.328 e. The minimum atomic E-state index is -0.688. The number of benzene rings is 1. The molecule has 1 aromatic carbocycles. The van der Waals surface area contributed by atoms with Crippen molar-refractivity contribution >= 4 is 63.7 Å². The van der Waals surface area contributed by atoms with Gasteiger partial charge in [-0.25, -0.2) is 19.7 Å². The number of rotatable bonds is 10. The summed E-state index contributed by atoms with van der Waals surface area (Å²) in [5.41, 5.74) is 5.26. The first-order chi connectivity index (χ1) is 34.9. The van der Waals surface area contributed by atoms with Crippen molar-refractivity contribution in [1.29, 1.82) is 0 Å². The van der Waals surface area contributed by atoms with E-state index in [1.807, 2.05) is 28.3 Å². The maximum atomic E-state index is 15.3. The van der Waals surface area contributed by atoms with Gasteiger partial charge in [-0.2, -0.15) is 0 Å². The Bertz CT molecular complexity index is 2770. The zero-order valence-electron chi connectivity index (χ0n) is 42.3. The molecule has 1 spiro atoms. The van der Waals surface area contributed by atoms with Crippen LogP contribution >= 0.6 is 0 Å². The minimum Gasteiger partial charge on any atom is -0.366 e. The molecular weight excluding hydrogens is 909 g/mol. The van der Waals surface area contributed by atoms with Gasteiger partial charge in [0.1, 0.15) is 11.3 Å². The van der Waals surface area contributed by atoms with Crippen molar-refractivity contribution in [1.82, 2.24) is 39.5 Å². The summed E-state index contributed by atoms with van der Waals surface area (Å²) in [6.07, 6.45) is 15.7. The normalized spacial score (nSPS) is 24.8. The Balaban J connectivity index is 0.705. The van der Waals surface area contributed by atoms with Crippen LogP contribution in [0.25, 0.3) is 22.3 Å². The lowest BCUT2D eigenvalue weighted by Crippen LogP contribution is -2.59. The van der Waals surface area contributed by atoms with Crippen molar-refractivity contribution in [3.63, 3.8) is 0 Å². The Labute approximate surface area is 422 Å². The molecule has 7 fully saturated rings. The highest BCUT2D eigenvalue weighted by atomic mass is 16.2. The quantitative estimate of drug-likeness (QED) is 0.170. The van der Waals surface area contributed by atoms with Crippen LogP contribution in [0.4, 0.5) is 27.8 Å². The number of amides is 6. The number of imide groups is 1. The molecule has 4 aromatic rings. The van der Waals surface area contributed by atoms with Gasteiger partial charge in [0.25, 0.3) is 0 Å². The maximum absolute atomic E-state index is 15.3. The molecule has 17 heteroatoms. The fourth-order valence-corrected chi connectivity index (χ4v) is 13.1. The maximum Gasteiger partial charge on any atom is 0.328 e. The summed E-state index contributed by atoms with van der Waals surface area (Å²) >= 11 is 0. The largest absolute Gasteiger partial charge is 0.366 e. The lowest BCUT2D eigenvalue weighted by Gasteiger charge is -2.48. The molecule has 12 rings (SSSR count).